The molecule has 5 nitrogen and oxygen atoms in total. The van der Waals surface area contributed by atoms with Crippen LogP contribution in [0.3, 0.4) is 0 Å². The monoisotopic (exact) mass is 249 g/mol. The van der Waals surface area contributed by atoms with E-state index in [9.17, 15) is 9.59 Å². The third kappa shape index (κ3) is 3.13. The molecule has 17 heavy (non-hydrogen) atoms. The van der Waals surface area contributed by atoms with Crippen LogP contribution in [0.1, 0.15) is 23.7 Å². The first-order valence-electron chi connectivity index (χ1n) is 5.15. The van der Waals surface area contributed by atoms with Gasteiger partial charge in [-0.1, -0.05) is 0 Å². The van der Waals surface area contributed by atoms with Crippen molar-refractivity contribution in [3.05, 3.63) is 30.1 Å². The van der Waals surface area contributed by atoms with Gasteiger partial charge in [0.1, 0.15) is 0 Å². The highest BCUT2D eigenvalue weighted by Gasteiger charge is 2.20. The molecule has 6 heteroatoms. The molecule has 0 fully saturated rings. The van der Waals surface area contributed by atoms with Crippen molar-refractivity contribution in [1.29, 1.82) is 0 Å². The Labute approximate surface area is 103 Å². The highest BCUT2D eigenvalue weighted by molar-refractivity contribution is 8.26. The van der Waals surface area contributed by atoms with Gasteiger partial charge in [0.05, 0.1) is 6.04 Å². The molecule has 0 aliphatic carbocycles. The lowest BCUT2D eigenvalue weighted by molar-refractivity contribution is -0.120. The number of nitrogens with zero attached hydrogens (tertiary/aromatic N) is 2. The van der Waals surface area contributed by atoms with Gasteiger partial charge in [0.15, 0.2) is 5.17 Å². The molecule has 88 valence electrons. The summed E-state index contributed by atoms with van der Waals surface area (Å²) in [5.41, 5.74) is 0.493. The number of carbonyl (C=O) groups is 2. The van der Waals surface area contributed by atoms with Crippen LogP contribution in [0.25, 0.3) is 0 Å². The molecular formula is C11H11N3O2S. The van der Waals surface area contributed by atoms with Crippen molar-refractivity contribution in [3.63, 3.8) is 0 Å². The summed E-state index contributed by atoms with van der Waals surface area (Å²) in [5.74, 6) is -0.103. The number of nitrogens with one attached hydrogen (secondary N) is 1. The lowest BCUT2D eigenvalue weighted by Gasteiger charge is -2.16. The molecule has 1 aromatic heterocycles. The Morgan fingerprint density at radius 1 is 1.59 bits per heavy atom. The number of carbonyl (C=O) groups excluding carboxylic acids is 2. The zero-order valence-corrected chi connectivity index (χ0v) is 10.0. The van der Waals surface area contributed by atoms with Crippen LogP contribution in [-0.2, 0) is 4.79 Å². The molecule has 1 aliphatic rings. The van der Waals surface area contributed by atoms with Crippen LogP contribution in [0.4, 0.5) is 0 Å². The Morgan fingerprint density at radius 2 is 2.41 bits per heavy atom. The van der Waals surface area contributed by atoms with Crippen LogP contribution in [0.2, 0.25) is 0 Å². The van der Waals surface area contributed by atoms with E-state index >= 15 is 0 Å². The molecule has 0 bridgehead atoms. The number of amides is 1. The highest BCUT2D eigenvalue weighted by Crippen LogP contribution is 2.16. The first-order chi connectivity index (χ1) is 8.15. The average Bonchev–Trinajstić information content (AvgIpc) is 2.28. The Bertz CT molecular complexity index is 473. The molecule has 1 aromatic rings. The van der Waals surface area contributed by atoms with Crippen molar-refractivity contribution in [2.45, 2.75) is 19.4 Å². The summed E-state index contributed by atoms with van der Waals surface area (Å²) in [7, 11) is 0. The fourth-order valence-electron chi connectivity index (χ4n) is 1.40. The number of aromatic nitrogens is 1. The van der Waals surface area contributed by atoms with Crippen molar-refractivity contribution in [1.82, 2.24) is 10.3 Å². The van der Waals surface area contributed by atoms with Crippen molar-refractivity contribution >= 4 is 28.0 Å². The number of thioether (sulfide) groups is 1. The summed E-state index contributed by atoms with van der Waals surface area (Å²) in [5, 5.41) is 2.77. The van der Waals surface area contributed by atoms with Gasteiger partial charge in [-0.2, -0.15) is 0 Å². The van der Waals surface area contributed by atoms with Crippen LogP contribution < -0.4 is 5.32 Å². The quantitative estimate of drug-likeness (QED) is 0.812. The Morgan fingerprint density at radius 3 is 3.06 bits per heavy atom. The normalized spacial score (nSPS) is 19.5. The molecule has 1 aliphatic heterocycles. The van der Waals surface area contributed by atoms with Crippen molar-refractivity contribution in [3.8, 4) is 0 Å². The lowest BCUT2D eigenvalue weighted by Crippen LogP contribution is -2.36. The van der Waals surface area contributed by atoms with Gasteiger partial charge in [0, 0.05) is 24.4 Å². The SMILES string of the molecule is CC1CC(=O)NC(SC(=O)c2cccnc2)=N1. The van der Waals surface area contributed by atoms with Crippen LogP contribution in [0.5, 0.6) is 0 Å². The maximum absolute atomic E-state index is 11.8. The van der Waals surface area contributed by atoms with Gasteiger partial charge in [-0.3, -0.25) is 19.6 Å². The largest absolute Gasteiger partial charge is 0.305 e. The third-order valence-electron chi connectivity index (χ3n) is 2.15. The summed E-state index contributed by atoms with van der Waals surface area (Å²) < 4.78 is 0. The van der Waals surface area contributed by atoms with Crippen LogP contribution in [-0.4, -0.2) is 27.2 Å². The number of hydrogen-bond donors (Lipinski definition) is 1. The van der Waals surface area contributed by atoms with E-state index in [4.69, 9.17) is 0 Å². The summed E-state index contributed by atoms with van der Waals surface area (Å²) in [4.78, 5) is 31.2. The second-order valence-electron chi connectivity index (χ2n) is 3.67. The molecule has 1 amide bonds. The number of pyridine rings is 1. The third-order valence-corrected chi connectivity index (χ3v) is 2.97. The first-order valence-corrected chi connectivity index (χ1v) is 5.96. The van der Waals surface area contributed by atoms with E-state index in [1.165, 1.54) is 6.20 Å². The zero-order chi connectivity index (χ0) is 12.3. The van der Waals surface area contributed by atoms with Crippen molar-refractivity contribution in [2.24, 2.45) is 4.99 Å². The molecule has 2 heterocycles. The Balaban J connectivity index is 2.07. The fourth-order valence-corrected chi connectivity index (χ4v) is 2.21. The summed E-state index contributed by atoms with van der Waals surface area (Å²) in [6.07, 6.45) is 3.46. The number of aliphatic imine (C=N–C) groups is 1. The molecule has 1 N–H and O–H groups in total. The predicted octanol–water partition coefficient (Wildman–Crippen LogP) is 1.22. The molecular weight excluding hydrogens is 238 g/mol. The summed E-state index contributed by atoms with van der Waals surface area (Å²) in [6, 6.07) is 3.29. The molecule has 2 rings (SSSR count). The number of amidine groups is 1. The lowest BCUT2D eigenvalue weighted by atomic mass is 10.2. The van der Waals surface area contributed by atoms with Gasteiger partial charge in [-0.15, -0.1) is 0 Å². The van der Waals surface area contributed by atoms with E-state index in [1.807, 2.05) is 6.92 Å². The maximum Gasteiger partial charge on any atom is 0.228 e. The maximum atomic E-state index is 11.8. The van der Waals surface area contributed by atoms with E-state index in [2.05, 4.69) is 15.3 Å². The van der Waals surface area contributed by atoms with Crippen molar-refractivity contribution < 1.29 is 9.59 Å². The Kier molecular flexibility index (Phi) is 3.53. The minimum atomic E-state index is -0.175. The van der Waals surface area contributed by atoms with E-state index in [0.29, 0.717) is 17.2 Å². The fraction of sp³-hybridized carbons (Fsp3) is 0.273. The second kappa shape index (κ2) is 5.09. The highest BCUT2D eigenvalue weighted by atomic mass is 32.2. The topological polar surface area (TPSA) is 71.4 Å². The number of hydrogen-bond acceptors (Lipinski definition) is 5. The van der Waals surface area contributed by atoms with E-state index < -0.39 is 0 Å². The van der Waals surface area contributed by atoms with Crippen LogP contribution >= 0.6 is 11.8 Å². The molecule has 1 atom stereocenters. The number of rotatable bonds is 1. The predicted molar refractivity (Wildman–Crippen MR) is 65.8 cm³/mol. The molecule has 0 spiro atoms. The van der Waals surface area contributed by atoms with Crippen molar-refractivity contribution in [2.75, 3.05) is 0 Å². The zero-order valence-electron chi connectivity index (χ0n) is 9.21. The second-order valence-corrected chi connectivity index (χ2v) is 4.63. The van der Waals surface area contributed by atoms with Crippen LogP contribution in [0.15, 0.2) is 29.5 Å². The molecule has 0 saturated carbocycles. The summed E-state index contributed by atoms with van der Waals surface area (Å²) in [6.45, 7) is 1.84. The Hall–Kier alpha value is -1.69. The van der Waals surface area contributed by atoms with E-state index in [1.54, 1.807) is 18.3 Å². The minimum absolute atomic E-state index is 0.0760. The smallest absolute Gasteiger partial charge is 0.228 e. The first kappa shape index (κ1) is 11.8. The van der Waals surface area contributed by atoms with Gasteiger partial charge < -0.3 is 5.32 Å². The van der Waals surface area contributed by atoms with E-state index in [-0.39, 0.29) is 17.1 Å². The van der Waals surface area contributed by atoms with E-state index in [0.717, 1.165) is 11.8 Å². The van der Waals surface area contributed by atoms with Gasteiger partial charge >= 0.3 is 0 Å². The molecule has 1 unspecified atom stereocenters. The van der Waals surface area contributed by atoms with Gasteiger partial charge in [0.25, 0.3) is 0 Å². The van der Waals surface area contributed by atoms with Gasteiger partial charge in [-0.05, 0) is 30.8 Å². The van der Waals surface area contributed by atoms with Gasteiger partial charge in [-0.25, -0.2) is 0 Å². The molecule has 0 saturated heterocycles. The summed E-state index contributed by atoms with van der Waals surface area (Å²) >= 11 is 0.920. The standard InChI is InChI=1S/C11H11N3O2S/c1-7-5-9(15)14-11(13-7)17-10(16)8-3-2-4-12-6-8/h2-4,6-7H,5H2,1H3,(H,13,14,15). The molecule has 0 aromatic carbocycles. The minimum Gasteiger partial charge on any atom is -0.305 e. The molecule has 0 radical (unpaired) electrons. The van der Waals surface area contributed by atoms with Crippen LogP contribution in [0, 0.1) is 0 Å². The van der Waals surface area contributed by atoms with Gasteiger partial charge in [0.2, 0.25) is 11.0 Å². The average molecular weight is 249 g/mol.